The molecule has 0 amide bonds. The minimum absolute atomic E-state index is 0.788. The van der Waals surface area contributed by atoms with Crippen LogP contribution < -0.4 is 5.32 Å². The maximum atomic E-state index is 3.40. The van der Waals surface area contributed by atoms with Crippen LogP contribution in [0.1, 0.15) is 24.3 Å². The summed E-state index contributed by atoms with van der Waals surface area (Å²) >= 11 is 2.39. The highest BCUT2D eigenvalue weighted by molar-refractivity contribution is 14.1. The Morgan fingerprint density at radius 1 is 1.23 bits per heavy atom. The van der Waals surface area contributed by atoms with Crippen LogP contribution in [0.3, 0.4) is 0 Å². The van der Waals surface area contributed by atoms with Gasteiger partial charge in [-0.05, 0) is 72.1 Å². The summed E-state index contributed by atoms with van der Waals surface area (Å²) in [5.41, 5.74) is 1.52. The van der Waals surface area contributed by atoms with Gasteiger partial charge in [-0.1, -0.05) is 12.1 Å². The maximum Gasteiger partial charge on any atom is 0.0133 e. The average Bonchev–Trinajstić information content (AvgIpc) is 2.19. The van der Waals surface area contributed by atoms with Gasteiger partial charge in [0.1, 0.15) is 0 Å². The summed E-state index contributed by atoms with van der Waals surface area (Å²) in [7, 11) is 0. The molecule has 2 rings (SSSR count). The number of halogens is 1. The van der Waals surface area contributed by atoms with Crippen molar-refractivity contribution in [2.75, 3.05) is 13.1 Å². The molecule has 0 unspecified atom stereocenters. The fourth-order valence-corrected chi connectivity index (χ4v) is 2.48. The van der Waals surface area contributed by atoms with Crippen LogP contribution in [0.15, 0.2) is 24.3 Å². The first-order chi connectivity index (χ1) is 6.36. The van der Waals surface area contributed by atoms with Crippen LogP contribution in [-0.2, 0) is 0 Å². The van der Waals surface area contributed by atoms with Gasteiger partial charge in [0, 0.05) is 3.57 Å². The summed E-state index contributed by atoms with van der Waals surface area (Å²) < 4.78 is 1.36. The summed E-state index contributed by atoms with van der Waals surface area (Å²) in [6.07, 6.45) is 2.58. The summed E-state index contributed by atoms with van der Waals surface area (Å²) in [5.74, 6) is 0.788. The molecule has 1 aliphatic rings. The zero-order chi connectivity index (χ0) is 9.10. The smallest absolute Gasteiger partial charge is 0.0133 e. The van der Waals surface area contributed by atoms with E-state index in [9.17, 15) is 0 Å². The van der Waals surface area contributed by atoms with Gasteiger partial charge in [0.25, 0.3) is 0 Å². The number of benzene rings is 1. The zero-order valence-electron chi connectivity index (χ0n) is 7.59. The van der Waals surface area contributed by atoms with E-state index in [1.165, 1.54) is 35.1 Å². The van der Waals surface area contributed by atoms with E-state index in [1.54, 1.807) is 0 Å². The number of nitrogens with one attached hydrogen (secondary N) is 1. The van der Waals surface area contributed by atoms with E-state index < -0.39 is 0 Å². The monoisotopic (exact) mass is 287 g/mol. The fourth-order valence-electron chi connectivity index (χ4n) is 1.92. The Morgan fingerprint density at radius 2 is 2.00 bits per heavy atom. The third-order valence-corrected chi connectivity index (χ3v) is 3.33. The summed E-state index contributed by atoms with van der Waals surface area (Å²) in [4.78, 5) is 0. The quantitative estimate of drug-likeness (QED) is 0.783. The molecule has 0 aromatic heterocycles. The molecule has 0 saturated carbocycles. The van der Waals surface area contributed by atoms with Crippen LogP contribution in [-0.4, -0.2) is 13.1 Å². The van der Waals surface area contributed by atoms with Crippen LogP contribution in [0.4, 0.5) is 0 Å². The number of hydrogen-bond acceptors (Lipinski definition) is 1. The van der Waals surface area contributed by atoms with Gasteiger partial charge in [-0.25, -0.2) is 0 Å². The lowest BCUT2D eigenvalue weighted by Gasteiger charge is -2.22. The predicted octanol–water partition coefficient (Wildman–Crippen LogP) is 2.76. The highest BCUT2D eigenvalue weighted by Crippen LogP contribution is 2.25. The third kappa shape index (κ3) is 2.44. The molecule has 1 aliphatic heterocycles. The molecule has 0 atom stereocenters. The minimum Gasteiger partial charge on any atom is -0.317 e. The molecule has 70 valence electrons. The van der Waals surface area contributed by atoms with Crippen molar-refractivity contribution in [3.8, 4) is 0 Å². The molecule has 1 aromatic carbocycles. The molecule has 0 spiro atoms. The first-order valence-corrected chi connectivity index (χ1v) is 5.90. The van der Waals surface area contributed by atoms with Crippen LogP contribution in [0.25, 0.3) is 0 Å². The lowest BCUT2D eigenvalue weighted by molar-refractivity contribution is 0.460. The van der Waals surface area contributed by atoms with Crippen molar-refractivity contribution in [3.63, 3.8) is 0 Å². The van der Waals surface area contributed by atoms with E-state index in [1.807, 2.05) is 0 Å². The number of rotatable bonds is 1. The van der Waals surface area contributed by atoms with Crippen molar-refractivity contribution in [1.82, 2.24) is 5.32 Å². The lowest BCUT2D eigenvalue weighted by atomic mass is 9.90. The Morgan fingerprint density at radius 3 is 2.69 bits per heavy atom. The van der Waals surface area contributed by atoms with E-state index in [-0.39, 0.29) is 0 Å². The van der Waals surface area contributed by atoms with Crippen LogP contribution in [0, 0.1) is 3.57 Å². The number of piperidine rings is 1. The molecule has 1 fully saturated rings. The van der Waals surface area contributed by atoms with Crippen LogP contribution in [0.5, 0.6) is 0 Å². The largest absolute Gasteiger partial charge is 0.317 e. The molecule has 1 heterocycles. The van der Waals surface area contributed by atoms with Crippen molar-refractivity contribution >= 4 is 22.6 Å². The van der Waals surface area contributed by atoms with Gasteiger partial charge >= 0.3 is 0 Å². The third-order valence-electron chi connectivity index (χ3n) is 2.66. The Kier molecular flexibility index (Phi) is 3.22. The van der Waals surface area contributed by atoms with E-state index in [2.05, 4.69) is 52.2 Å². The van der Waals surface area contributed by atoms with Crippen molar-refractivity contribution in [2.24, 2.45) is 0 Å². The Balaban J connectivity index is 2.14. The number of hydrogen-bond donors (Lipinski definition) is 1. The predicted molar refractivity (Wildman–Crippen MR) is 64.0 cm³/mol. The highest BCUT2D eigenvalue weighted by atomic mass is 127. The summed E-state index contributed by atoms with van der Waals surface area (Å²) in [6.45, 7) is 2.35. The second kappa shape index (κ2) is 4.42. The minimum atomic E-state index is 0.788. The highest BCUT2D eigenvalue weighted by Gasteiger charge is 2.14. The molecule has 1 aromatic rings. The van der Waals surface area contributed by atoms with Gasteiger partial charge in [0.15, 0.2) is 0 Å². The van der Waals surface area contributed by atoms with Gasteiger partial charge in [-0.2, -0.15) is 0 Å². The average molecular weight is 287 g/mol. The zero-order valence-corrected chi connectivity index (χ0v) is 9.75. The van der Waals surface area contributed by atoms with E-state index in [4.69, 9.17) is 0 Å². The lowest BCUT2D eigenvalue weighted by Crippen LogP contribution is -2.26. The van der Waals surface area contributed by atoms with E-state index in [0.717, 1.165) is 5.92 Å². The van der Waals surface area contributed by atoms with Crippen molar-refractivity contribution < 1.29 is 0 Å². The van der Waals surface area contributed by atoms with Crippen LogP contribution in [0.2, 0.25) is 0 Å². The first-order valence-electron chi connectivity index (χ1n) is 4.82. The molecule has 0 aliphatic carbocycles. The molecular weight excluding hydrogens is 273 g/mol. The Hall–Kier alpha value is -0.0900. The summed E-state index contributed by atoms with van der Waals surface area (Å²) in [6, 6.07) is 8.90. The molecule has 0 radical (unpaired) electrons. The molecule has 1 saturated heterocycles. The van der Waals surface area contributed by atoms with E-state index in [0.29, 0.717) is 0 Å². The molecule has 1 nitrogen and oxygen atoms in total. The van der Waals surface area contributed by atoms with Crippen molar-refractivity contribution in [3.05, 3.63) is 33.4 Å². The second-order valence-electron chi connectivity index (χ2n) is 3.58. The first kappa shape index (κ1) is 9.46. The Bertz CT molecular complexity index is 279. The molecule has 2 heteroatoms. The van der Waals surface area contributed by atoms with Gasteiger partial charge in [-0.3, -0.25) is 0 Å². The topological polar surface area (TPSA) is 12.0 Å². The molecule has 13 heavy (non-hydrogen) atoms. The van der Waals surface area contributed by atoms with Crippen molar-refractivity contribution in [1.29, 1.82) is 0 Å². The molecule has 1 N–H and O–H groups in total. The second-order valence-corrected chi connectivity index (χ2v) is 4.82. The Labute approximate surface area is 93.1 Å². The fraction of sp³-hybridized carbons (Fsp3) is 0.455. The maximum absolute atomic E-state index is 3.40. The van der Waals surface area contributed by atoms with Gasteiger partial charge in [-0.15, -0.1) is 0 Å². The van der Waals surface area contributed by atoms with Gasteiger partial charge in [0.05, 0.1) is 0 Å². The van der Waals surface area contributed by atoms with Gasteiger partial charge in [0.2, 0.25) is 0 Å². The molecular formula is C11H14IN. The standard InChI is InChI=1S/C11H14IN/c12-11-3-1-2-10(8-11)9-4-6-13-7-5-9/h1-3,8-9,13H,4-7H2. The normalized spacial score (nSPS) is 18.8. The van der Waals surface area contributed by atoms with Gasteiger partial charge < -0.3 is 5.32 Å². The SMILES string of the molecule is Ic1cccc(C2CCNCC2)c1. The molecule has 0 bridgehead atoms. The van der Waals surface area contributed by atoms with Crippen molar-refractivity contribution in [2.45, 2.75) is 18.8 Å². The van der Waals surface area contributed by atoms with Crippen LogP contribution >= 0.6 is 22.6 Å². The summed E-state index contributed by atoms with van der Waals surface area (Å²) in [5, 5.41) is 3.40. The van der Waals surface area contributed by atoms with E-state index >= 15 is 0 Å².